The highest BCUT2D eigenvalue weighted by Gasteiger charge is 2.41. The second-order valence-electron chi connectivity index (χ2n) is 11.9. The summed E-state index contributed by atoms with van der Waals surface area (Å²) in [5, 5.41) is 11.6. The van der Waals surface area contributed by atoms with Gasteiger partial charge in [-0.05, 0) is 71.2 Å². The summed E-state index contributed by atoms with van der Waals surface area (Å²) < 4.78 is 10.7. The van der Waals surface area contributed by atoms with Crippen LogP contribution in [0.25, 0.3) is 17.0 Å². The Hall–Kier alpha value is -2.89. The first kappa shape index (κ1) is 30.1. The molecule has 0 saturated carbocycles. The summed E-state index contributed by atoms with van der Waals surface area (Å²) in [5.41, 5.74) is 2.91. The van der Waals surface area contributed by atoms with Crippen molar-refractivity contribution in [1.82, 2.24) is 30.6 Å². The molecule has 0 radical (unpaired) electrons. The zero-order valence-corrected chi connectivity index (χ0v) is 26.1. The van der Waals surface area contributed by atoms with E-state index in [4.69, 9.17) is 25.9 Å². The van der Waals surface area contributed by atoms with Gasteiger partial charge < -0.3 is 14.6 Å². The first-order valence-corrected chi connectivity index (χ1v) is 16.0. The Kier molecular flexibility index (Phi) is 9.39. The third kappa shape index (κ3) is 6.63. The molecule has 10 nitrogen and oxygen atoms in total. The van der Waals surface area contributed by atoms with Gasteiger partial charge in [-0.1, -0.05) is 35.0 Å². The number of carbonyl (C=O) groups excluding carboxylic acids is 1. The van der Waals surface area contributed by atoms with E-state index in [2.05, 4.69) is 32.6 Å². The third-order valence-electron chi connectivity index (χ3n) is 8.99. The average molecular weight is 608 g/mol. The van der Waals surface area contributed by atoms with E-state index in [0.717, 1.165) is 88.5 Å². The van der Waals surface area contributed by atoms with Crippen LogP contribution in [-0.2, 0) is 9.53 Å². The number of hydrogen-bond acceptors (Lipinski definition) is 9. The molecular formula is C32H42ClN7O3. The number of carbonyl (C=O) groups is 1. The molecule has 4 aliphatic heterocycles. The quantitative estimate of drug-likeness (QED) is 0.482. The number of likely N-dealkylation sites (tertiary alicyclic amines) is 1. The highest BCUT2D eigenvalue weighted by Crippen LogP contribution is 2.36. The van der Waals surface area contributed by atoms with Gasteiger partial charge in [-0.25, -0.2) is 4.99 Å². The average Bonchev–Trinajstić information content (AvgIpc) is 3.68. The van der Waals surface area contributed by atoms with Crippen LogP contribution in [0.4, 0.5) is 0 Å². The van der Waals surface area contributed by atoms with E-state index in [1.165, 1.54) is 0 Å². The Bertz CT molecular complexity index is 1410. The van der Waals surface area contributed by atoms with E-state index in [-0.39, 0.29) is 18.1 Å². The van der Waals surface area contributed by atoms with E-state index in [1.807, 2.05) is 36.1 Å². The SMILES string of the molecule is C/C=C1/C=C(c2ccc(-c3noc(C)n3)cc2Cl)C(=O)N(C2CCN(C3CCNCC3)C2)/C1=N/C(C)NC1CCOCC1. The van der Waals surface area contributed by atoms with E-state index >= 15 is 0 Å². The minimum Gasteiger partial charge on any atom is -0.381 e. The van der Waals surface area contributed by atoms with E-state index in [9.17, 15) is 4.79 Å². The number of hydrogen-bond donors (Lipinski definition) is 2. The van der Waals surface area contributed by atoms with Crippen LogP contribution in [-0.4, -0.2) is 95.4 Å². The van der Waals surface area contributed by atoms with Crippen molar-refractivity contribution in [2.45, 2.75) is 77.2 Å². The molecule has 43 heavy (non-hydrogen) atoms. The molecule has 0 aliphatic carbocycles. The number of amides is 1. The Morgan fingerprint density at radius 3 is 2.65 bits per heavy atom. The van der Waals surface area contributed by atoms with Gasteiger partial charge in [-0.2, -0.15) is 4.98 Å². The van der Waals surface area contributed by atoms with Crippen LogP contribution in [0, 0.1) is 6.92 Å². The predicted octanol–water partition coefficient (Wildman–Crippen LogP) is 4.21. The number of ether oxygens (including phenoxy) is 1. The molecule has 230 valence electrons. The molecule has 1 aromatic heterocycles. The first-order valence-electron chi connectivity index (χ1n) is 15.6. The normalized spacial score (nSPS) is 25.6. The molecule has 6 rings (SSSR count). The number of benzene rings is 1. The number of aromatic nitrogens is 2. The van der Waals surface area contributed by atoms with Gasteiger partial charge in [0.25, 0.3) is 5.91 Å². The number of piperidine rings is 1. The van der Waals surface area contributed by atoms with Crippen molar-refractivity contribution < 1.29 is 14.1 Å². The molecule has 2 atom stereocenters. The molecule has 3 saturated heterocycles. The van der Waals surface area contributed by atoms with Crippen molar-refractivity contribution in [2.24, 2.45) is 4.99 Å². The smallest absolute Gasteiger partial charge is 0.260 e. The summed E-state index contributed by atoms with van der Waals surface area (Å²) in [7, 11) is 0. The molecule has 11 heteroatoms. The van der Waals surface area contributed by atoms with Crippen molar-refractivity contribution in [3.8, 4) is 11.4 Å². The summed E-state index contributed by atoms with van der Waals surface area (Å²) >= 11 is 6.86. The monoisotopic (exact) mass is 607 g/mol. The number of amidine groups is 1. The van der Waals surface area contributed by atoms with Crippen LogP contribution in [0.3, 0.4) is 0 Å². The van der Waals surface area contributed by atoms with Crippen LogP contribution in [0.1, 0.15) is 57.4 Å². The van der Waals surface area contributed by atoms with Gasteiger partial charge in [0.2, 0.25) is 11.7 Å². The van der Waals surface area contributed by atoms with Gasteiger partial charge >= 0.3 is 0 Å². The predicted molar refractivity (Wildman–Crippen MR) is 168 cm³/mol. The van der Waals surface area contributed by atoms with Crippen LogP contribution in [0.5, 0.6) is 0 Å². The molecule has 4 aliphatic rings. The standard InChI is InChI=1S/C32H42ClN7O3/c1-4-22-17-28(27-6-5-23(18-29(27)33)30-37-21(3)43-38-30)32(41)40(26-9-14-39(19-26)25-7-12-34-13-8-25)31(22)36-20(2)35-24-10-15-42-16-11-24/h4-6,17-18,20,24-26,34-35H,7-16,19H2,1-3H3/b22-4-,36-31+. The maximum atomic E-state index is 14.5. The topological polar surface area (TPSA) is 108 Å². The largest absolute Gasteiger partial charge is 0.381 e. The van der Waals surface area contributed by atoms with E-state index < -0.39 is 0 Å². The molecular weight excluding hydrogens is 566 g/mol. The molecule has 1 aromatic carbocycles. The summed E-state index contributed by atoms with van der Waals surface area (Å²) in [6, 6.07) is 6.49. The Morgan fingerprint density at radius 2 is 1.95 bits per heavy atom. The summed E-state index contributed by atoms with van der Waals surface area (Å²) in [6.07, 6.45) is 8.95. The molecule has 2 N–H and O–H groups in total. The van der Waals surface area contributed by atoms with Gasteiger partial charge in [0.05, 0.1) is 12.2 Å². The minimum absolute atomic E-state index is 0.0235. The molecule has 2 unspecified atom stereocenters. The van der Waals surface area contributed by atoms with E-state index in [1.54, 1.807) is 13.0 Å². The van der Waals surface area contributed by atoms with Gasteiger partial charge in [-0.15, -0.1) is 0 Å². The van der Waals surface area contributed by atoms with Gasteiger partial charge in [0.1, 0.15) is 5.84 Å². The zero-order valence-electron chi connectivity index (χ0n) is 25.3. The highest BCUT2D eigenvalue weighted by atomic mass is 35.5. The minimum atomic E-state index is -0.151. The molecule has 0 bridgehead atoms. The number of halogens is 1. The van der Waals surface area contributed by atoms with Crippen molar-refractivity contribution in [3.63, 3.8) is 0 Å². The van der Waals surface area contributed by atoms with Crippen molar-refractivity contribution in [2.75, 3.05) is 39.4 Å². The van der Waals surface area contributed by atoms with Gasteiger partial charge in [0.15, 0.2) is 0 Å². The van der Waals surface area contributed by atoms with Gasteiger partial charge in [0, 0.05) is 72.6 Å². The molecule has 1 amide bonds. The lowest BCUT2D eigenvalue weighted by molar-refractivity contribution is -0.123. The molecule has 0 spiro atoms. The zero-order chi connectivity index (χ0) is 29.9. The second kappa shape index (κ2) is 13.4. The fourth-order valence-corrected chi connectivity index (χ4v) is 7.01. The third-order valence-corrected chi connectivity index (χ3v) is 9.30. The van der Waals surface area contributed by atoms with Crippen LogP contribution >= 0.6 is 11.6 Å². The fraction of sp³-hybridized carbons (Fsp3) is 0.562. The number of allylic oxidation sites excluding steroid dienone is 1. The molecule has 3 fully saturated rings. The van der Waals surface area contributed by atoms with Crippen molar-refractivity contribution in [1.29, 1.82) is 0 Å². The number of nitrogens with one attached hydrogen (secondary N) is 2. The maximum absolute atomic E-state index is 14.5. The lowest BCUT2D eigenvalue weighted by Gasteiger charge is -2.37. The Balaban J connectivity index is 1.33. The first-order chi connectivity index (χ1) is 20.9. The number of rotatable bonds is 7. The Labute approximate surface area is 258 Å². The lowest BCUT2D eigenvalue weighted by Crippen LogP contribution is -2.51. The number of aliphatic imine (C=N–C) groups is 1. The highest BCUT2D eigenvalue weighted by molar-refractivity contribution is 6.37. The lowest BCUT2D eigenvalue weighted by atomic mass is 9.94. The van der Waals surface area contributed by atoms with E-state index in [0.29, 0.717) is 40.0 Å². The summed E-state index contributed by atoms with van der Waals surface area (Å²) in [6.45, 7) is 11.3. The molecule has 2 aromatic rings. The number of aryl methyl sites for hydroxylation is 1. The summed E-state index contributed by atoms with van der Waals surface area (Å²) in [4.78, 5) is 28.6. The van der Waals surface area contributed by atoms with Gasteiger partial charge in [-0.3, -0.25) is 19.9 Å². The fourth-order valence-electron chi connectivity index (χ4n) is 6.73. The van der Waals surface area contributed by atoms with Crippen LogP contribution < -0.4 is 10.6 Å². The summed E-state index contributed by atoms with van der Waals surface area (Å²) in [5.74, 6) is 1.62. The molecule has 5 heterocycles. The second-order valence-corrected chi connectivity index (χ2v) is 12.3. The maximum Gasteiger partial charge on any atom is 0.260 e. The van der Waals surface area contributed by atoms with Crippen LogP contribution in [0.15, 0.2) is 45.4 Å². The van der Waals surface area contributed by atoms with Crippen LogP contribution in [0.2, 0.25) is 5.02 Å². The van der Waals surface area contributed by atoms with Crippen molar-refractivity contribution >= 4 is 28.9 Å². The Morgan fingerprint density at radius 1 is 1.16 bits per heavy atom. The van der Waals surface area contributed by atoms with Crippen molar-refractivity contribution in [3.05, 3.63) is 52.4 Å². The number of nitrogens with zero attached hydrogens (tertiary/aromatic N) is 5.